The number of piperidine rings is 1. The maximum Gasteiger partial charge on any atom is 0.261 e. The predicted octanol–water partition coefficient (Wildman–Crippen LogP) is 3.01. The fraction of sp³-hybridized carbons (Fsp3) is 0.389. The van der Waals surface area contributed by atoms with Crippen molar-refractivity contribution in [1.82, 2.24) is 10.2 Å². The molecule has 2 aromatic rings. The SMILES string of the molecule is O=C(N[C@@H]1CCN(Cc2ccccc2)C[C@@H]1CO)c1ccc(Cl)s1. The maximum absolute atomic E-state index is 12.3. The Morgan fingerprint density at radius 1 is 1.29 bits per heavy atom. The second kappa shape index (κ2) is 8.12. The van der Waals surface area contributed by atoms with E-state index in [0.29, 0.717) is 9.21 Å². The number of aliphatic hydroxyl groups is 1. The summed E-state index contributed by atoms with van der Waals surface area (Å²) in [5.41, 5.74) is 1.27. The van der Waals surface area contributed by atoms with Crippen molar-refractivity contribution in [3.63, 3.8) is 0 Å². The average molecular weight is 365 g/mol. The van der Waals surface area contributed by atoms with E-state index < -0.39 is 0 Å². The van der Waals surface area contributed by atoms with Crippen LogP contribution in [0, 0.1) is 5.92 Å². The van der Waals surface area contributed by atoms with E-state index in [-0.39, 0.29) is 24.5 Å². The summed E-state index contributed by atoms with van der Waals surface area (Å²) in [6.07, 6.45) is 0.836. The number of aliphatic hydroxyl groups excluding tert-OH is 1. The molecular weight excluding hydrogens is 344 g/mol. The van der Waals surface area contributed by atoms with Gasteiger partial charge in [-0.05, 0) is 24.1 Å². The topological polar surface area (TPSA) is 52.6 Å². The lowest BCUT2D eigenvalue weighted by atomic mass is 9.92. The number of rotatable bonds is 5. The van der Waals surface area contributed by atoms with Crippen LogP contribution in [0.15, 0.2) is 42.5 Å². The average Bonchev–Trinajstić information content (AvgIpc) is 3.04. The first-order valence-corrected chi connectivity index (χ1v) is 9.28. The molecule has 1 aromatic carbocycles. The van der Waals surface area contributed by atoms with Gasteiger partial charge in [-0.25, -0.2) is 0 Å². The predicted molar refractivity (Wildman–Crippen MR) is 97.5 cm³/mol. The molecule has 0 saturated carbocycles. The number of benzene rings is 1. The molecule has 2 heterocycles. The Kier molecular flexibility index (Phi) is 5.89. The standard InChI is InChI=1S/C18H21ClN2O2S/c19-17-7-6-16(24-17)18(23)20-15-8-9-21(11-14(15)12-22)10-13-4-2-1-3-5-13/h1-7,14-15,22H,8-12H2,(H,20,23)/t14-,15-/m1/s1. The number of nitrogens with zero attached hydrogens (tertiary/aromatic N) is 1. The van der Waals surface area contributed by atoms with Gasteiger partial charge in [0.15, 0.2) is 0 Å². The first-order valence-electron chi connectivity index (χ1n) is 8.09. The van der Waals surface area contributed by atoms with Gasteiger partial charge in [0.2, 0.25) is 0 Å². The second-order valence-electron chi connectivity index (χ2n) is 6.14. The van der Waals surface area contributed by atoms with E-state index in [0.717, 1.165) is 26.1 Å². The van der Waals surface area contributed by atoms with Gasteiger partial charge in [0.25, 0.3) is 5.91 Å². The highest BCUT2D eigenvalue weighted by molar-refractivity contribution is 7.17. The highest BCUT2D eigenvalue weighted by Crippen LogP contribution is 2.23. The fourth-order valence-electron chi connectivity index (χ4n) is 3.14. The van der Waals surface area contributed by atoms with Crippen molar-refractivity contribution in [3.8, 4) is 0 Å². The number of hydrogen-bond acceptors (Lipinski definition) is 4. The summed E-state index contributed by atoms with van der Waals surface area (Å²) in [5, 5.41) is 12.8. The third kappa shape index (κ3) is 4.36. The van der Waals surface area contributed by atoms with Crippen LogP contribution in [0.1, 0.15) is 21.7 Å². The minimum absolute atomic E-state index is 0.00426. The Hall–Kier alpha value is -1.40. The van der Waals surface area contributed by atoms with Crippen molar-refractivity contribution in [1.29, 1.82) is 0 Å². The van der Waals surface area contributed by atoms with E-state index in [2.05, 4.69) is 22.3 Å². The molecule has 0 unspecified atom stereocenters. The smallest absolute Gasteiger partial charge is 0.261 e. The molecule has 1 aliphatic heterocycles. The summed E-state index contributed by atoms with van der Waals surface area (Å²) in [5.74, 6) is -0.0614. The fourth-order valence-corrected chi connectivity index (χ4v) is 4.09. The minimum Gasteiger partial charge on any atom is -0.396 e. The first kappa shape index (κ1) is 17.4. The van der Waals surface area contributed by atoms with Gasteiger partial charge in [0, 0.05) is 38.2 Å². The van der Waals surface area contributed by atoms with Crippen LogP contribution in [0.5, 0.6) is 0 Å². The van der Waals surface area contributed by atoms with Crippen molar-refractivity contribution >= 4 is 28.8 Å². The molecule has 0 bridgehead atoms. The number of carbonyl (C=O) groups excluding carboxylic acids is 1. The number of carbonyl (C=O) groups is 1. The quantitative estimate of drug-likeness (QED) is 0.857. The number of hydrogen-bond donors (Lipinski definition) is 2. The van der Waals surface area contributed by atoms with Crippen LogP contribution in [-0.2, 0) is 6.54 Å². The monoisotopic (exact) mass is 364 g/mol. The number of nitrogens with one attached hydrogen (secondary N) is 1. The van der Waals surface area contributed by atoms with Crippen molar-refractivity contribution < 1.29 is 9.90 Å². The Morgan fingerprint density at radius 2 is 2.08 bits per heavy atom. The summed E-state index contributed by atoms with van der Waals surface area (Å²) in [6, 6.07) is 13.8. The zero-order valence-electron chi connectivity index (χ0n) is 13.3. The molecule has 24 heavy (non-hydrogen) atoms. The van der Waals surface area contributed by atoms with Crippen molar-refractivity contribution in [2.45, 2.75) is 19.0 Å². The van der Waals surface area contributed by atoms with Crippen LogP contribution in [-0.4, -0.2) is 41.7 Å². The molecule has 1 amide bonds. The van der Waals surface area contributed by atoms with E-state index in [4.69, 9.17) is 11.6 Å². The van der Waals surface area contributed by atoms with Crippen LogP contribution in [0.3, 0.4) is 0 Å². The highest BCUT2D eigenvalue weighted by Gasteiger charge is 2.30. The Bertz CT molecular complexity index is 677. The molecule has 2 N–H and O–H groups in total. The molecular formula is C18H21ClN2O2S. The molecule has 2 atom stereocenters. The van der Waals surface area contributed by atoms with Crippen molar-refractivity contribution in [2.75, 3.05) is 19.7 Å². The zero-order valence-corrected chi connectivity index (χ0v) is 14.9. The molecule has 0 radical (unpaired) electrons. The molecule has 1 aromatic heterocycles. The number of thiophene rings is 1. The number of likely N-dealkylation sites (tertiary alicyclic amines) is 1. The van der Waals surface area contributed by atoms with Crippen LogP contribution >= 0.6 is 22.9 Å². The van der Waals surface area contributed by atoms with Crippen molar-refractivity contribution in [3.05, 3.63) is 57.2 Å². The van der Waals surface area contributed by atoms with Crippen LogP contribution < -0.4 is 5.32 Å². The molecule has 1 saturated heterocycles. The van der Waals surface area contributed by atoms with Crippen LogP contribution in [0.4, 0.5) is 0 Å². The van der Waals surface area contributed by atoms with Gasteiger partial charge < -0.3 is 10.4 Å². The molecule has 6 heteroatoms. The zero-order chi connectivity index (χ0) is 16.9. The lowest BCUT2D eigenvalue weighted by Crippen LogP contribution is -2.51. The Balaban J connectivity index is 1.58. The van der Waals surface area contributed by atoms with E-state index in [9.17, 15) is 9.90 Å². The summed E-state index contributed by atoms with van der Waals surface area (Å²) in [4.78, 5) is 15.3. The van der Waals surface area contributed by atoms with E-state index in [1.807, 2.05) is 18.2 Å². The largest absolute Gasteiger partial charge is 0.396 e. The van der Waals surface area contributed by atoms with Gasteiger partial charge in [-0.2, -0.15) is 0 Å². The summed E-state index contributed by atoms with van der Waals surface area (Å²) >= 11 is 7.17. The van der Waals surface area contributed by atoms with E-state index in [1.54, 1.807) is 12.1 Å². The Labute approximate surface area is 151 Å². The lowest BCUT2D eigenvalue weighted by molar-refractivity contribution is 0.0715. The van der Waals surface area contributed by atoms with Gasteiger partial charge in [-0.15, -0.1) is 11.3 Å². The summed E-state index contributed by atoms with van der Waals surface area (Å²) < 4.78 is 0.608. The van der Waals surface area contributed by atoms with Gasteiger partial charge in [0.05, 0.1) is 9.21 Å². The molecule has 1 fully saturated rings. The third-order valence-corrected chi connectivity index (χ3v) is 5.64. The normalized spacial score (nSPS) is 21.6. The minimum atomic E-state index is -0.105. The molecule has 4 nitrogen and oxygen atoms in total. The molecule has 0 spiro atoms. The maximum atomic E-state index is 12.3. The van der Waals surface area contributed by atoms with Gasteiger partial charge in [0.1, 0.15) is 0 Å². The first-order chi connectivity index (χ1) is 11.7. The number of halogens is 1. The van der Waals surface area contributed by atoms with Crippen molar-refractivity contribution in [2.24, 2.45) is 5.92 Å². The second-order valence-corrected chi connectivity index (χ2v) is 7.85. The summed E-state index contributed by atoms with van der Waals surface area (Å²) in [7, 11) is 0. The van der Waals surface area contributed by atoms with Gasteiger partial charge >= 0.3 is 0 Å². The molecule has 128 valence electrons. The highest BCUT2D eigenvalue weighted by atomic mass is 35.5. The molecule has 0 aliphatic carbocycles. The molecule has 1 aliphatic rings. The van der Waals surface area contributed by atoms with Crippen LogP contribution in [0.25, 0.3) is 0 Å². The third-order valence-electron chi connectivity index (χ3n) is 4.42. The van der Waals surface area contributed by atoms with Gasteiger partial charge in [-0.1, -0.05) is 41.9 Å². The molecule has 3 rings (SSSR count). The lowest BCUT2D eigenvalue weighted by Gasteiger charge is -2.38. The number of amides is 1. The summed E-state index contributed by atoms with van der Waals surface area (Å²) in [6.45, 7) is 2.63. The van der Waals surface area contributed by atoms with E-state index in [1.165, 1.54) is 16.9 Å². The van der Waals surface area contributed by atoms with Crippen LogP contribution in [0.2, 0.25) is 4.34 Å². The van der Waals surface area contributed by atoms with Gasteiger partial charge in [-0.3, -0.25) is 9.69 Å². The van der Waals surface area contributed by atoms with E-state index >= 15 is 0 Å². The Morgan fingerprint density at radius 3 is 2.75 bits per heavy atom.